The minimum absolute atomic E-state index is 0. The van der Waals surface area contributed by atoms with E-state index in [1.54, 1.807) is 19.9 Å². The molecule has 11 heavy (non-hydrogen) atoms. The zero-order valence-electron chi connectivity index (χ0n) is 6.96. The molecule has 0 saturated carbocycles. The van der Waals surface area contributed by atoms with Gasteiger partial charge in [0.15, 0.2) is 0 Å². The Morgan fingerprint density at radius 1 is 1.55 bits per heavy atom. The molecule has 0 aliphatic rings. The van der Waals surface area contributed by atoms with Crippen molar-refractivity contribution in [2.75, 3.05) is 7.11 Å². The Hall–Kier alpha value is -0.540. The smallest absolute Gasteiger partial charge is 0.330 e. The normalized spacial score (nSPS) is 10.9. The summed E-state index contributed by atoms with van der Waals surface area (Å²) in [5, 5.41) is 0. The van der Waals surface area contributed by atoms with E-state index >= 15 is 0 Å². The maximum atomic E-state index is 10.5. The van der Waals surface area contributed by atoms with E-state index in [4.69, 9.17) is 5.73 Å². The number of halogens is 1. The Morgan fingerprint density at radius 2 is 2.00 bits per heavy atom. The predicted molar refractivity (Wildman–Crippen MR) is 46.7 cm³/mol. The van der Waals surface area contributed by atoms with Gasteiger partial charge in [-0.25, -0.2) is 4.79 Å². The highest BCUT2D eigenvalue weighted by molar-refractivity contribution is 5.85. The van der Waals surface area contributed by atoms with Gasteiger partial charge >= 0.3 is 5.97 Å². The van der Waals surface area contributed by atoms with Crippen molar-refractivity contribution >= 4 is 18.4 Å². The molecular formula is C7H14ClNO2. The fourth-order valence-electron chi connectivity index (χ4n) is 0.351. The Morgan fingerprint density at radius 3 is 2.27 bits per heavy atom. The first-order valence-electron chi connectivity index (χ1n) is 3.02. The second-order valence-electron chi connectivity index (χ2n) is 2.68. The highest BCUT2D eigenvalue weighted by atomic mass is 35.5. The maximum Gasteiger partial charge on any atom is 0.330 e. The molecule has 0 aromatic heterocycles. The van der Waals surface area contributed by atoms with Crippen molar-refractivity contribution in [2.24, 2.45) is 5.73 Å². The first-order chi connectivity index (χ1) is 4.45. The van der Waals surface area contributed by atoms with Crippen molar-refractivity contribution in [3.05, 3.63) is 12.2 Å². The number of hydrogen-bond acceptors (Lipinski definition) is 3. The van der Waals surface area contributed by atoms with Gasteiger partial charge in [0.1, 0.15) is 0 Å². The number of hydrogen-bond donors (Lipinski definition) is 1. The number of carbonyl (C=O) groups is 1. The van der Waals surface area contributed by atoms with Gasteiger partial charge in [-0.15, -0.1) is 12.4 Å². The lowest BCUT2D eigenvalue weighted by atomic mass is 10.1. The molecule has 0 aromatic rings. The molecule has 0 atom stereocenters. The number of methoxy groups -OCH3 is 1. The van der Waals surface area contributed by atoms with Gasteiger partial charge in [-0.3, -0.25) is 0 Å². The van der Waals surface area contributed by atoms with E-state index in [9.17, 15) is 4.79 Å². The van der Waals surface area contributed by atoms with Crippen LogP contribution in [0.15, 0.2) is 12.2 Å². The molecule has 0 aliphatic carbocycles. The Kier molecular flexibility index (Phi) is 6.13. The summed E-state index contributed by atoms with van der Waals surface area (Å²) < 4.78 is 4.36. The number of carbonyl (C=O) groups excluding carboxylic acids is 1. The third-order valence-electron chi connectivity index (χ3n) is 0.850. The van der Waals surface area contributed by atoms with Crippen molar-refractivity contribution in [1.29, 1.82) is 0 Å². The van der Waals surface area contributed by atoms with Crippen molar-refractivity contribution < 1.29 is 9.53 Å². The highest BCUT2D eigenvalue weighted by Crippen LogP contribution is 1.97. The van der Waals surface area contributed by atoms with Gasteiger partial charge in [-0.05, 0) is 13.8 Å². The molecule has 2 N–H and O–H groups in total. The van der Waals surface area contributed by atoms with E-state index in [2.05, 4.69) is 4.74 Å². The van der Waals surface area contributed by atoms with Gasteiger partial charge in [0, 0.05) is 11.6 Å². The molecule has 0 bridgehead atoms. The van der Waals surface area contributed by atoms with E-state index in [1.165, 1.54) is 13.2 Å². The van der Waals surface area contributed by atoms with Crippen LogP contribution in [0.4, 0.5) is 0 Å². The third-order valence-corrected chi connectivity index (χ3v) is 0.850. The van der Waals surface area contributed by atoms with Crippen molar-refractivity contribution in [1.82, 2.24) is 0 Å². The number of esters is 1. The quantitative estimate of drug-likeness (QED) is 0.506. The van der Waals surface area contributed by atoms with Gasteiger partial charge in [0.25, 0.3) is 0 Å². The van der Waals surface area contributed by atoms with E-state index in [-0.39, 0.29) is 18.4 Å². The van der Waals surface area contributed by atoms with Crippen molar-refractivity contribution in [3.63, 3.8) is 0 Å². The van der Waals surface area contributed by atoms with Crippen LogP contribution < -0.4 is 5.73 Å². The minimum Gasteiger partial charge on any atom is -0.466 e. The second-order valence-corrected chi connectivity index (χ2v) is 2.68. The lowest BCUT2D eigenvalue weighted by molar-refractivity contribution is -0.134. The van der Waals surface area contributed by atoms with Gasteiger partial charge in [0.2, 0.25) is 0 Å². The molecule has 0 aliphatic heterocycles. The van der Waals surface area contributed by atoms with Gasteiger partial charge < -0.3 is 10.5 Å². The summed E-state index contributed by atoms with van der Waals surface area (Å²) in [6.07, 6.45) is 2.92. The molecule has 0 spiro atoms. The average Bonchev–Trinajstić information content (AvgIpc) is 1.81. The molecule has 0 radical (unpaired) electrons. The highest BCUT2D eigenvalue weighted by Gasteiger charge is 2.04. The fraction of sp³-hybridized carbons (Fsp3) is 0.571. The van der Waals surface area contributed by atoms with E-state index in [0.29, 0.717) is 0 Å². The fourth-order valence-corrected chi connectivity index (χ4v) is 0.351. The van der Waals surface area contributed by atoms with Crippen molar-refractivity contribution in [3.8, 4) is 0 Å². The van der Waals surface area contributed by atoms with Gasteiger partial charge in [-0.1, -0.05) is 6.08 Å². The average molecular weight is 180 g/mol. The summed E-state index contributed by atoms with van der Waals surface area (Å²) in [6.45, 7) is 3.60. The Balaban J connectivity index is 0. The second kappa shape index (κ2) is 5.16. The third kappa shape index (κ3) is 9.46. The van der Waals surface area contributed by atoms with Crippen LogP contribution in [0, 0.1) is 0 Å². The molecule has 0 heterocycles. The van der Waals surface area contributed by atoms with Crippen LogP contribution in [-0.4, -0.2) is 18.6 Å². The summed E-state index contributed by atoms with van der Waals surface area (Å²) in [5.74, 6) is -0.376. The van der Waals surface area contributed by atoms with E-state index < -0.39 is 5.54 Å². The first-order valence-corrected chi connectivity index (χ1v) is 3.02. The molecule has 0 fully saturated rings. The van der Waals surface area contributed by atoms with Crippen LogP contribution in [0.3, 0.4) is 0 Å². The zero-order chi connectivity index (χ0) is 8.20. The zero-order valence-corrected chi connectivity index (χ0v) is 7.77. The van der Waals surface area contributed by atoms with Crippen LogP contribution in [0.5, 0.6) is 0 Å². The number of nitrogens with two attached hydrogens (primary N) is 1. The molecule has 0 unspecified atom stereocenters. The van der Waals surface area contributed by atoms with Gasteiger partial charge in [-0.2, -0.15) is 0 Å². The van der Waals surface area contributed by atoms with Crippen LogP contribution in [0.1, 0.15) is 13.8 Å². The van der Waals surface area contributed by atoms with Crippen LogP contribution in [0.25, 0.3) is 0 Å². The molecule has 0 rings (SSSR count). The van der Waals surface area contributed by atoms with Gasteiger partial charge in [0.05, 0.1) is 7.11 Å². The predicted octanol–water partition coefficient (Wildman–Crippen LogP) is 0.875. The SMILES string of the molecule is COC(=O)/C=C/C(C)(C)N.Cl. The standard InChI is InChI=1S/C7H13NO2.ClH/c1-7(2,8)5-4-6(9)10-3;/h4-5H,8H2,1-3H3;1H/b5-4+;. The molecule has 4 heteroatoms. The summed E-state index contributed by atoms with van der Waals surface area (Å²) in [7, 11) is 1.33. The molecule has 3 nitrogen and oxygen atoms in total. The molecule has 0 amide bonds. The number of rotatable bonds is 2. The summed E-state index contributed by atoms with van der Waals surface area (Å²) in [6, 6.07) is 0. The lowest BCUT2D eigenvalue weighted by Crippen LogP contribution is -2.29. The minimum atomic E-state index is -0.450. The summed E-state index contributed by atoms with van der Waals surface area (Å²) >= 11 is 0. The topological polar surface area (TPSA) is 52.3 Å². The number of ether oxygens (including phenoxy) is 1. The van der Waals surface area contributed by atoms with E-state index in [1.807, 2.05) is 0 Å². The largest absolute Gasteiger partial charge is 0.466 e. The Bertz CT molecular complexity index is 149. The van der Waals surface area contributed by atoms with Crippen molar-refractivity contribution in [2.45, 2.75) is 19.4 Å². The van der Waals surface area contributed by atoms with Crippen LogP contribution >= 0.6 is 12.4 Å². The van der Waals surface area contributed by atoms with E-state index in [0.717, 1.165) is 0 Å². The van der Waals surface area contributed by atoms with Crippen LogP contribution in [-0.2, 0) is 9.53 Å². The first kappa shape index (κ1) is 13.1. The molecule has 66 valence electrons. The summed E-state index contributed by atoms with van der Waals surface area (Å²) in [5.41, 5.74) is 5.09. The summed E-state index contributed by atoms with van der Waals surface area (Å²) in [4.78, 5) is 10.5. The monoisotopic (exact) mass is 179 g/mol. The molecule has 0 saturated heterocycles. The van der Waals surface area contributed by atoms with Crippen LogP contribution in [0.2, 0.25) is 0 Å². The maximum absolute atomic E-state index is 10.5. The Labute approximate surface area is 73.0 Å². The molecule has 0 aromatic carbocycles. The molecular weight excluding hydrogens is 166 g/mol. The lowest BCUT2D eigenvalue weighted by Gasteiger charge is -2.10.